The van der Waals surface area contributed by atoms with Crippen molar-refractivity contribution in [3.63, 3.8) is 0 Å². The Kier molecular flexibility index (Phi) is 4.75. The van der Waals surface area contributed by atoms with E-state index in [9.17, 15) is 4.79 Å². The van der Waals surface area contributed by atoms with Crippen molar-refractivity contribution in [2.75, 3.05) is 35.3 Å². The van der Waals surface area contributed by atoms with Gasteiger partial charge in [0.1, 0.15) is 23.6 Å². The molecule has 1 atom stereocenters. The van der Waals surface area contributed by atoms with Crippen LogP contribution in [-0.4, -0.2) is 57.0 Å². The molecule has 0 unspecified atom stereocenters. The van der Waals surface area contributed by atoms with Gasteiger partial charge >= 0.3 is 0 Å². The van der Waals surface area contributed by atoms with Crippen LogP contribution in [0, 0.1) is 0 Å². The first-order chi connectivity index (χ1) is 14.7. The number of nitrogens with zero attached hydrogens (tertiary/aromatic N) is 6. The van der Waals surface area contributed by atoms with Gasteiger partial charge in [0.25, 0.3) is 5.91 Å². The molecule has 2 N–H and O–H groups in total. The van der Waals surface area contributed by atoms with E-state index >= 15 is 0 Å². The van der Waals surface area contributed by atoms with E-state index in [-0.39, 0.29) is 5.91 Å². The van der Waals surface area contributed by atoms with Gasteiger partial charge in [0, 0.05) is 50.1 Å². The van der Waals surface area contributed by atoms with E-state index in [2.05, 4.69) is 47.1 Å². The molecule has 0 aliphatic carbocycles. The number of hydrogen-bond acceptors (Lipinski definition) is 8. The molecule has 1 aliphatic heterocycles. The van der Waals surface area contributed by atoms with E-state index in [1.165, 1.54) is 11.3 Å². The SMILES string of the molecule is CN(c1ncnc2[nH]ccc12)[C@H]1CCN(c2ccc(C(=O)Nc3nccs3)cn2)C1. The second-order valence-electron chi connectivity index (χ2n) is 7.13. The lowest BCUT2D eigenvalue weighted by Gasteiger charge is -2.26. The standard InChI is InChI=1S/C20H20N8OS/c1-27(18-15-4-6-21-17(15)24-12-25-18)14-5-8-28(11-14)16-3-2-13(10-23-16)19(29)26-20-22-7-9-30-20/h2-4,6-7,9-10,12,14H,5,8,11H2,1H3,(H,21,24,25)(H,22,26,29)/t14-/m0/s1. The zero-order valence-corrected chi connectivity index (χ0v) is 17.1. The number of amides is 1. The predicted molar refractivity (Wildman–Crippen MR) is 117 cm³/mol. The lowest BCUT2D eigenvalue weighted by molar-refractivity contribution is 0.102. The van der Waals surface area contributed by atoms with Crippen molar-refractivity contribution in [1.29, 1.82) is 0 Å². The highest BCUT2D eigenvalue weighted by Crippen LogP contribution is 2.27. The average Bonchev–Trinajstić information content (AvgIpc) is 3.54. The van der Waals surface area contributed by atoms with Crippen LogP contribution in [0.1, 0.15) is 16.8 Å². The molecule has 5 heterocycles. The van der Waals surface area contributed by atoms with Gasteiger partial charge in [0.05, 0.1) is 10.9 Å². The second-order valence-corrected chi connectivity index (χ2v) is 8.03. The number of aromatic nitrogens is 5. The van der Waals surface area contributed by atoms with Crippen molar-refractivity contribution < 1.29 is 4.79 Å². The number of carbonyl (C=O) groups excluding carboxylic acids is 1. The van der Waals surface area contributed by atoms with Crippen LogP contribution in [-0.2, 0) is 0 Å². The average molecular weight is 421 g/mol. The van der Waals surface area contributed by atoms with Gasteiger partial charge in [-0.3, -0.25) is 10.1 Å². The fourth-order valence-electron chi connectivity index (χ4n) is 3.74. The maximum Gasteiger partial charge on any atom is 0.259 e. The molecule has 0 bridgehead atoms. The highest BCUT2D eigenvalue weighted by atomic mass is 32.1. The summed E-state index contributed by atoms with van der Waals surface area (Å²) in [4.78, 5) is 37.2. The number of rotatable bonds is 5. The Bertz CT molecular complexity index is 1160. The Hall–Kier alpha value is -3.53. The number of H-pyrrole nitrogens is 1. The van der Waals surface area contributed by atoms with Crippen LogP contribution in [0.2, 0.25) is 0 Å². The van der Waals surface area contributed by atoms with Crippen molar-refractivity contribution in [2.24, 2.45) is 0 Å². The van der Waals surface area contributed by atoms with Gasteiger partial charge in [0.15, 0.2) is 5.13 Å². The summed E-state index contributed by atoms with van der Waals surface area (Å²) < 4.78 is 0. The molecular formula is C20H20N8OS. The van der Waals surface area contributed by atoms with Crippen LogP contribution in [0.5, 0.6) is 0 Å². The highest BCUT2D eigenvalue weighted by molar-refractivity contribution is 7.13. The van der Waals surface area contributed by atoms with Crippen molar-refractivity contribution in [3.8, 4) is 0 Å². The third-order valence-corrected chi connectivity index (χ3v) is 6.05. The first-order valence-electron chi connectivity index (χ1n) is 9.62. The third kappa shape index (κ3) is 3.45. The third-order valence-electron chi connectivity index (χ3n) is 5.36. The normalized spacial score (nSPS) is 16.2. The molecule has 1 aliphatic rings. The molecule has 4 aromatic rings. The van der Waals surface area contributed by atoms with Crippen molar-refractivity contribution in [1.82, 2.24) is 24.9 Å². The Morgan fingerprint density at radius 2 is 2.20 bits per heavy atom. The lowest BCUT2D eigenvalue weighted by Crippen LogP contribution is -2.35. The fraction of sp³-hybridized carbons (Fsp3) is 0.250. The minimum Gasteiger partial charge on any atom is -0.354 e. The summed E-state index contributed by atoms with van der Waals surface area (Å²) in [7, 11) is 2.07. The molecule has 10 heteroatoms. The van der Waals surface area contributed by atoms with Gasteiger partial charge in [-0.1, -0.05) is 0 Å². The Labute approximate surface area is 176 Å². The number of aromatic amines is 1. The molecule has 9 nitrogen and oxygen atoms in total. The summed E-state index contributed by atoms with van der Waals surface area (Å²) in [6, 6.07) is 6.02. The summed E-state index contributed by atoms with van der Waals surface area (Å²) in [5, 5.41) is 6.19. The number of hydrogen-bond donors (Lipinski definition) is 2. The molecule has 4 aromatic heterocycles. The van der Waals surface area contributed by atoms with Crippen LogP contribution < -0.4 is 15.1 Å². The van der Waals surface area contributed by atoms with E-state index in [0.29, 0.717) is 16.7 Å². The largest absolute Gasteiger partial charge is 0.354 e. The number of nitrogens with one attached hydrogen (secondary N) is 2. The smallest absolute Gasteiger partial charge is 0.259 e. The van der Waals surface area contributed by atoms with Crippen molar-refractivity contribution in [2.45, 2.75) is 12.5 Å². The van der Waals surface area contributed by atoms with Crippen LogP contribution in [0.4, 0.5) is 16.8 Å². The first-order valence-corrected chi connectivity index (χ1v) is 10.5. The quantitative estimate of drug-likeness (QED) is 0.512. The Morgan fingerprint density at radius 3 is 3.00 bits per heavy atom. The zero-order valence-electron chi connectivity index (χ0n) is 16.3. The number of carbonyl (C=O) groups is 1. The van der Waals surface area contributed by atoms with E-state index in [1.807, 2.05) is 23.7 Å². The van der Waals surface area contributed by atoms with Crippen molar-refractivity contribution >= 4 is 45.0 Å². The first kappa shape index (κ1) is 18.5. The van der Waals surface area contributed by atoms with Gasteiger partial charge in [0.2, 0.25) is 0 Å². The van der Waals surface area contributed by atoms with Crippen LogP contribution >= 0.6 is 11.3 Å². The summed E-state index contributed by atoms with van der Waals surface area (Å²) in [5.41, 5.74) is 1.35. The molecule has 1 amide bonds. The van der Waals surface area contributed by atoms with E-state index < -0.39 is 0 Å². The van der Waals surface area contributed by atoms with Crippen LogP contribution in [0.25, 0.3) is 11.0 Å². The summed E-state index contributed by atoms with van der Waals surface area (Å²) >= 11 is 1.38. The minimum atomic E-state index is -0.206. The van der Waals surface area contributed by atoms with Crippen LogP contribution in [0.15, 0.2) is 48.5 Å². The topological polar surface area (TPSA) is 103 Å². The number of anilines is 3. The number of pyridine rings is 1. The molecule has 1 fully saturated rings. The van der Waals surface area contributed by atoms with Gasteiger partial charge in [-0.25, -0.2) is 19.9 Å². The molecule has 0 radical (unpaired) electrons. The maximum atomic E-state index is 12.3. The van der Waals surface area contributed by atoms with E-state index in [0.717, 1.165) is 42.2 Å². The second kappa shape index (κ2) is 7.71. The van der Waals surface area contributed by atoms with E-state index in [1.54, 1.807) is 24.8 Å². The van der Waals surface area contributed by atoms with E-state index in [4.69, 9.17) is 0 Å². The van der Waals surface area contributed by atoms with Crippen molar-refractivity contribution in [3.05, 3.63) is 54.1 Å². The van der Waals surface area contributed by atoms with Gasteiger partial charge in [-0.05, 0) is 24.6 Å². The Balaban J connectivity index is 1.26. The summed E-state index contributed by atoms with van der Waals surface area (Å²) in [6.07, 6.45) is 7.75. The lowest BCUT2D eigenvalue weighted by atomic mass is 10.2. The molecular weight excluding hydrogens is 400 g/mol. The zero-order chi connectivity index (χ0) is 20.5. The molecule has 1 saturated heterocycles. The molecule has 0 spiro atoms. The monoisotopic (exact) mass is 420 g/mol. The molecule has 30 heavy (non-hydrogen) atoms. The summed E-state index contributed by atoms with van der Waals surface area (Å²) in [6.45, 7) is 1.73. The molecule has 5 rings (SSSR count). The van der Waals surface area contributed by atoms with Gasteiger partial charge < -0.3 is 14.8 Å². The Morgan fingerprint density at radius 1 is 1.27 bits per heavy atom. The molecule has 152 valence electrons. The summed E-state index contributed by atoms with van der Waals surface area (Å²) in [5.74, 6) is 1.59. The molecule has 0 saturated carbocycles. The number of fused-ring (bicyclic) bond motifs is 1. The number of thiazole rings is 1. The highest BCUT2D eigenvalue weighted by Gasteiger charge is 2.28. The fourth-order valence-corrected chi connectivity index (χ4v) is 4.26. The minimum absolute atomic E-state index is 0.206. The predicted octanol–water partition coefficient (Wildman–Crippen LogP) is 2.78. The van der Waals surface area contributed by atoms with Crippen LogP contribution in [0.3, 0.4) is 0 Å². The maximum absolute atomic E-state index is 12.3. The molecule has 0 aromatic carbocycles. The number of likely N-dealkylation sites (N-methyl/N-ethyl adjacent to an activating group) is 1. The van der Waals surface area contributed by atoms with Gasteiger partial charge in [-0.15, -0.1) is 11.3 Å². The van der Waals surface area contributed by atoms with Gasteiger partial charge in [-0.2, -0.15) is 0 Å².